The van der Waals surface area contributed by atoms with Crippen molar-refractivity contribution >= 4 is 30.6 Å². The highest BCUT2D eigenvalue weighted by molar-refractivity contribution is 7.00. The van der Waals surface area contributed by atoms with Crippen LogP contribution in [0.5, 0.6) is 0 Å². The molecule has 0 aromatic heterocycles. The van der Waals surface area contributed by atoms with Gasteiger partial charge in [-0.05, 0) is 15.4 Å². The summed E-state index contributed by atoms with van der Waals surface area (Å²) in [6.07, 6.45) is 2.21. The van der Waals surface area contributed by atoms with E-state index in [1.54, 1.807) is 0 Å². The molecule has 0 atom stereocenters. The summed E-state index contributed by atoms with van der Waals surface area (Å²) in [6.45, 7) is 6.24. The summed E-state index contributed by atoms with van der Waals surface area (Å²) >= 11 is 0. The number of methoxy groups -OCH3 is 1. The first-order chi connectivity index (χ1) is 12.3. The molecular formula is C21H24O4Si. The summed E-state index contributed by atoms with van der Waals surface area (Å²) in [5.41, 5.74) is 0. The Hall–Kier alpha value is -2.66. The van der Waals surface area contributed by atoms with Gasteiger partial charge in [-0.3, -0.25) is 0 Å². The Morgan fingerprint density at radius 3 is 1.62 bits per heavy atom. The lowest BCUT2D eigenvalue weighted by Crippen LogP contribution is -2.67. The molecule has 0 unspecified atom stereocenters. The second-order valence-corrected chi connectivity index (χ2v) is 11.2. The summed E-state index contributed by atoms with van der Waals surface area (Å²) in [4.78, 5) is 23.9. The van der Waals surface area contributed by atoms with Crippen LogP contribution in [0, 0.1) is 0 Å². The molecule has 0 aliphatic heterocycles. The van der Waals surface area contributed by atoms with Crippen molar-refractivity contribution in [3.05, 3.63) is 72.8 Å². The van der Waals surface area contributed by atoms with E-state index in [0.717, 1.165) is 22.5 Å². The van der Waals surface area contributed by atoms with Crippen molar-refractivity contribution in [2.45, 2.75) is 25.8 Å². The lowest BCUT2D eigenvalue weighted by molar-refractivity contribution is -0.136. The summed E-state index contributed by atoms with van der Waals surface area (Å²) in [6, 6.07) is 19.7. The molecule has 0 aliphatic carbocycles. The van der Waals surface area contributed by atoms with Gasteiger partial charge in [-0.25, -0.2) is 9.59 Å². The Morgan fingerprint density at radius 1 is 0.808 bits per heavy atom. The van der Waals surface area contributed by atoms with E-state index in [0.29, 0.717) is 0 Å². The van der Waals surface area contributed by atoms with E-state index >= 15 is 0 Å². The standard InChI is InChI=1S/C21H24O4Si/c1-21(2,3)26(17-11-7-5-8-12-17,18-13-9-6-10-14-18)25-20(23)16-15-19(22)24-4/h5-16H,1-4H3/b16-15+. The Kier molecular flexibility index (Phi) is 6.16. The Morgan fingerprint density at radius 2 is 1.23 bits per heavy atom. The van der Waals surface area contributed by atoms with Crippen LogP contribution in [0.15, 0.2) is 72.8 Å². The van der Waals surface area contributed by atoms with Gasteiger partial charge in [0.1, 0.15) is 0 Å². The van der Waals surface area contributed by atoms with Gasteiger partial charge >= 0.3 is 20.3 Å². The van der Waals surface area contributed by atoms with Crippen LogP contribution in [0.25, 0.3) is 0 Å². The van der Waals surface area contributed by atoms with Crippen LogP contribution in [0.2, 0.25) is 5.04 Å². The zero-order valence-electron chi connectivity index (χ0n) is 15.6. The van der Waals surface area contributed by atoms with Crippen molar-refractivity contribution in [1.29, 1.82) is 0 Å². The first kappa shape index (κ1) is 19.7. The zero-order chi connectivity index (χ0) is 19.2. The van der Waals surface area contributed by atoms with Gasteiger partial charge in [0, 0.05) is 12.2 Å². The van der Waals surface area contributed by atoms with E-state index in [1.165, 1.54) is 7.11 Å². The molecule has 0 bridgehead atoms. The molecule has 0 saturated heterocycles. The van der Waals surface area contributed by atoms with E-state index in [2.05, 4.69) is 25.5 Å². The van der Waals surface area contributed by atoms with Crippen molar-refractivity contribution < 1.29 is 18.8 Å². The van der Waals surface area contributed by atoms with Crippen molar-refractivity contribution in [2.24, 2.45) is 0 Å². The summed E-state index contributed by atoms with van der Waals surface area (Å²) in [5, 5.41) is 1.68. The van der Waals surface area contributed by atoms with Gasteiger partial charge in [-0.1, -0.05) is 81.4 Å². The minimum atomic E-state index is -2.95. The van der Waals surface area contributed by atoms with Gasteiger partial charge in [0.25, 0.3) is 0 Å². The van der Waals surface area contributed by atoms with Crippen LogP contribution < -0.4 is 10.4 Å². The highest BCUT2D eigenvalue weighted by Crippen LogP contribution is 2.36. The fraction of sp³-hybridized carbons (Fsp3) is 0.238. The molecule has 4 nitrogen and oxygen atoms in total. The van der Waals surface area contributed by atoms with Crippen molar-refractivity contribution in [3.63, 3.8) is 0 Å². The third kappa shape index (κ3) is 4.11. The molecule has 26 heavy (non-hydrogen) atoms. The highest BCUT2D eigenvalue weighted by atomic mass is 28.4. The van der Waals surface area contributed by atoms with Crippen molar-refractivity contribution in [3.8, 4) is 0 Å². The third-order valence-electron chi connectivity index (χ3n) is 4.23. The smallest absolute Gasteiger partial charge is 0.330 e. The summed E-state index contributed by atoms with van der Waals surface area (Å²) < 4.78 is 10.7. The van der Waals surface area contributed by atoms with Crippen LogP contribution in [-0.4, -0.2) is 27.4 Å². The molecule has 2 aromatic rings. The summed E-state index contributed by atoms with van der Waals surface area (Å²) in [5.74, 6) is -1.14. The maximum absolute atomic E-state index is 12.6. The van der Waals surface area contributed by atoms with Gasteiger partial charge in [0.2, 0.25) is 0 Å². The van der Waals surface area contributed by atoms with Crippen LogP contribution in [0.1, 0.15) is 20.8 Å². The topological polar surface area (TPSA) is 52.6 Å². The van der Waals surface area contributed by atoms with Crippen LogP contribution in [0.4, 0.5) is 0 Å². The molecule has 0 fully saturated rings. The third-order valence-corrected chi connectivity index (χ3v) is 9.14. The van der Waals surface area contributed by atoms with Crippen molar-refractivity contribution in [2.75, 3.05) is 7.11 Å². The fourth-order valence-corrected chi connectivity index (χ4v) is 7.34. The Balaban J connectivity index is 2.59. The Labute approximate surface area is 155 Å². The van der Waals surface area contributed by atoms with E-state index in [-0.39, 0.29) is 5.04 Å². The van der Waals surface area contributed by atoms with Crippen LogP contribution >= 0.6 is 0 Å². The second-order valence-electron chi connectivity index (χ2n) is 6.94. The monoisotopic (exact) mass is 368 g/mol. The molecule has 0 saturated carbocycles. The number of carbonyl (C=O) groups is 2. The number of esters is 1. The lowest BCUT2D eigenvalue weighted by Gasteiger charge is -2.41. The largest absolute Gasteiger partial charge is 0.506 e. The minimum Gasteiger partial charge on any atom is -0.506 e. The minimum absolute atomic E-state index is 0.315. The van der Waals surface area contributed by atoms with E-state index in [4.69, 9.17) is 4.43 Å². The normalized spacial score (nSPS) is 12.0. The number of ether oxygens (including phenoxy) is 1. The van der Waals surface area contributed by atoms with E-state index in [1.807, 2.05) is 60.7 Å². The lowest BCUT2D eigenvalue weighted by atomic mass is 10.2. The number of hydrogen-bond acceptors (Lipinski definition) is 4. The molecule has 0 aliphatic rings. The quantitative estimate of drug-likeness (QED) is 0.463. The van der Waals surface area contributed by atoms with E-state index < -0.39 is 20.3 Å². The maximum Gasteiger partial charge on any atom is 0.330 e. The molecule has 0 amide bonds. The predicted molar refractivity (Wildman–Crippen MR) is 105 cm³/mol. The van der Waals surface area contributed by atoms with Crippen molar-refractivity contribution in [1.82, 2.24) is 0 Å². The molecule has 0 spiro atoms. The van der Waals surface area contributed by atoms with Gasteiger partial charge in [-0.2, -0.15) is 0 Å². The number of carbonyl (C=O) groups excluding carboxylic acids is 2. The first-order valence-electron chi connectivity index (χ1n) is 8.41. The van der Waals surface area contributed by atoms with E-state index in [9.17, 15) is 9.59 Å². The van der Waals surface area contributed by atoms with Gasteiger partial charge in [0.15, 0.2) is 0 Å². The SMILES string of the molecule is COC(=O)/C=C/C(=O)O[Si](c1ccccc1)(c1ccccc1)C(C)(C)C. The predicted octanol–water partition coefficient (Wildman–Crippen LogP) is 2.82. The number of hydrogen-bond donors (Lipinski definition) is 0. The fourth-order valence-electron chi connectivity index (χ4n) is 3.04. The second kappa shape index (κ2) is 8.14. The molecule has 5 heteroatoms. The van der Waals surface area contributed by atoms with Gasteiger partial charge < -0.3 is 9.16 Å². The Bertz CT molecular complexity index is 737. The molecule has 2 aromatic carbocycles. The first-order valence-corrected chi connectivity index (χ1v) is 10.3. The summed E-state index contributed by atoms with van der Waals surface area (Å²) in [7, 11) is -1.68. The average molecular weight is 369 g/mol. The molecule has 0 radical (unpaired) electrons. The zero-order valence-corrected chi connectivity index (χ0v) is 16.6. The highest BCUT2D eigenvalue weighted by Gasteiger charge is 2.52. The number of rotatable bonds is 5. The van der Waals surface area contributed by atoms with Crippen LogP contribution in [0.3, 0.4) is 0 Å². The van der Waals surface area contributed by atoms with Gasteiger partial charge in [-0.15, -0.1) is 0 Å². The molecule has 2 rings (SSSR count). The maximum atomic E-state index is 12.6. The van der Waals surface area contributed by atoms with Gasteiger partial charge in [0.05, 0.1) is 7.11 Å². The molecule has 0 N–H and O–H groups in total. The molecular weight excluding hydrogens is 344 g/mol. The van der Waals surface area contributed by atoms with Crippen LogP contribution in [-0.2, 0) is 18.8 Å². The average Bonchev–Trinajstić information content (AvgIpc) is 2.64. The molecule has 0 heterocycles. The number of benzene rings is 2. The molecule has 136 valence electrons.